The number of hydrogen-bond acceptors (Lipinski definition) is 4. The molecule has 0 aliphatic rings. The van der Waals surface area contributed by atoms with Crippen LogP contribution in [0.4, 0.5) is 0 Å². The summed E-state index contributed by atoms with van der Waals surface area (Å²) >= 11 is 0. The lowest BCUT2D eigenvalue weighted by Gasteiger charge is -2.16. The van der Waals surface area contributed by atoms with Gasteiger partial charge in [0.2, 0.25) is 10.0 Å². The average molecular weight is 272 g/mol. The van der Waals surface area contributed by atoms with E-state index in [1.54, 1.807) is 38.4 Å². The number of rotatable bonds is 7. The molecule has 0 saturated carbocycles. The predicted molar refractivity (Wildman–Crippen MR) is 70.9 cm³/mol. The summed E-state index contributed by atoms with van der Waals surface area (Å²) in [7, 11) is -0.333. The van der Waals surface area contributed by atoms with Gasteiger partial charge in [-0.25, -0.2) is 8.42 Å². The maximum absolute atomic E-state index is 12.2. The molecule has 1 aromatic rings. The topological polar surface area (TPSA) is 72.6 Å². The molecule has 0 atom stereocenters. The molecule has 0 radical (unpaired) electrons. The summed E-state index contributed by atoms with van der Waals surface area (Å²) in [6.07, 6.45) is 0.750. The Hall–Kier alpha value is -0.950. The minimum Gasteiger partial charge on any atom is -0.383 e. The van der Waals surface area contributed by atoms with Gasteiger partial charge in [0.25, 0.3) is 0 Å². The third-order valence-corrected chi connectivity index (χ3v) is 4.55. The predicted octanol–water partition coefficient (Wildman–Crippen LogP) is 0.455. The van der Waals surface area contributed by atoms with E-state index in [0.29, 0.717) is 24.6 Å². The molecule has 1 aromatic carbocycles. The molecule has 0 saturated heterocycles. The summed E-state index contributed by atoms with van der Waals surface area (Å²) in [4.78, 5) is 0.293. The summed E-state index contributed by atoms with van der Waals surface area (Å²) in [6, 6.07) is 6.82. The number of likely N-dealkylation sites (N-methyl/N-ethyl adjacent to an activating group) is 1. The number of methoxy groups -OCH3 is 1. The number of nitrogens with zero attached hydrogens (tertiary/aromatic N) is 1. The number of benzene rings is 1. The van der Waals surface area contributed by atoms with Gasteiger partial charge in [-0.3, -0.25) is 0 Å². The van der Waals surface area contributed by atoms with E-state index in [1.165, 1.54) is 4.31 Å². The summed E-state index contributed by atoms with van der Waals surface area (Å²) in [5.41, 5.74) is 6.49. The van der Waals surface area contributed by atoms with E-state index in [-0.39, 0.29) is 0 Å². The quantitative estimate of drug-likeness (QED) is 0.782. The maximum Gasteiger partial charge on any atom is 0.242 e. The molecule has 6 heteroatoms. The fourth-order valence-corrected chi connectivity index (χ4v) is 2.67. The number of sulfonamides is 1. The molecular weight excluding hydrogens is 252 g/mol. The van der Waals surface area contributed by atoms with Gasteiger partial charge in [-0.2, -0.15) is 4.31 Å². The first kappa shape index (κ1) is 15.1. The van der Waals surface area contributed by atoms with Crippen molar-refractivity contribution >= 4 is 10.0 Å². The first-order chi connectivity index (χ1) is 8.52. The minimum atomic E-state index is -3.42. The van der Waals surface area contributed by atoms with E-state index < -0.39 is 10.0 Å². The van der Waals surface area contributed by atoms with Crippen LogP contribution in [-0.4, -0.2) is 46.6 Å². The number of ether oxygens (including phenoxy) is 1. The van der Waals surface area contributed by atoms with Crippen molar-refractivity contribution in [2.75, 3.05) is 33.9 Å². The van der Waals surface area contributed by atoms with Gasteiger partial charge < -0.3 is 10.5 Å². The molecule has 0 unspecified atom stereocenters. The van der Waals surface area contributed by atoms with Crippen molar-refractivity contribution in [1.82, 2.24) is 4.31 Å². The molecule has 0 fully saturated rings. The zero-order valence-electron chi connectivity index (χ0n) is 10.8. The van der Waals surface area contributed by atoms with E-state index in [2.05, 4.69) is 0 Å². The van der Waals surface area contributed by atoms with E-state index in [9.17, 15) is 8.42 Å². The Labute approximate surface area is 109 Å². The Morgan fingerprint density at radius 3 is 2.39 bits per heavy atom. The van der Waals surface area contributed by atoms with Crippen LogP contribution < -0.4 is 5.73 Å². The van der Waals surface area contributed by atoms with Gasteiger partial charge in [-0.05, 0) is 30.7 Å². The van der Waals surface area contributed by atoms with Crippen LogP contribution in [0.3, 0.4) is 0 Å². The fourth-order valence-electron chi connectivity index (χ4n) is 1.51. The molecular formula is C12H20N2O3S. The Bertz CT molecular complexity index is 457. The van der Waals surface area contributed by atoms with Crippen molar-refractivity contribution in [3.63, 3.8) is 0 Å². The molecule has 0 aliphatic carbocycles. The van der Waals surface area contributed by atoms with Crippen molar-refractivity contribution in [2.24, 2.45) is 5.73 Å². The zero-order valence-corrected chi connectivity index (χ0v) is 11.6. The van der Waals surface area contributed by atoms with Gasteiger partial charge in [0, 0.05) is 20.7 Å². The second-order valence-electron chi connectivity index (χ2n) is 4.00. The molecule has 0 aliphatic heterocycles. The van der Waals surface area contributed by atoms with Crippen LogP contribution in [0, 0.1) is 0 Å². The van der Waals surface area contributed by atoms with Crippen molar-refractivity contribution < 1.29 is 13.2 Å². The van der Waals surface area contributed by atoms with E-state index in [0.717, 1.165) is 12.0 Å². The summed E-state index contributed by atoms with van der Waals surface area (Å²) < 4.78 is 30.5. The van der Waals surface area contributed by atoms with Gasteiger partial charge in [0.05, 0.1) is 11.5 Å². The maximum atomic E-state index is 12.2. The van der Waals surface area contributed by atoms with Gasteiger partial charge in [-0.15, -0.1) is 0 Å². The highest BCUT2D eigenvalue weighted by Gasteiger charge is 2.19. The van der Waals surface area contributed by atoms with Crippen LogP contribution in [0.5, 0.6) is 0 Å². The van der Waals surface area contributed by atoms with Crippen LogP contribution in [0.1, 0.15) is 5.56 Å². The molecule has 102 valence electrons. The summed E-state index contributed by atoms with van der Waals surface area (Å²) in [5.74, 6) is 0. The smallest absolute Gasteiger partial charge is 0.242 e. The molecule has 0 heterocycles. The van der Waals surface area contributed by atoms with Crippen molar-refractivity contribution in [3.8, 4) is 0 Å². The third-order valence-electron chi connectivity index (χ3n) is 2.67. The highest BCUT2D eigenvalue weighted by atomic mass is 32.2. The Balaban J connectivity index is 2.84. The molecule has 0 bridgehead atoms. The van der Waals surface area contributed by atoms with Crippen LogP contribution >= 0.6 is 0 Å². The van der Waals surface area contributed by atoms with Crippen LogP contribution in [0.15, 0.2) is 29.2 Å². The Morgan fingerprint density at radius 1 is 1.28 bits per heavy atom. The Kier molecular flexibility index (Phi) is 5.74. The standard InChI is InChI=1S/C12H20N2O3S/c1-14(9-10-17-2)18(15,16)12-5-3-11(4-6-12)7-8-13/h3-6H,7-10,13H2,1-2H3. The number of nitrogens with two attached hydrogens (primary N) is 1. The summed E-state index contributed by atoms with van der Waals surface area (Å²) in [5, 5.41) is 0. The lowest BCUT2D eigenvalue weighted by Crippen LogP contribution is -2.30. The molecule has 0 amide bonds. The largest absolute Gasteiger partial charge is 0.383 e. The van der Waals surface area contributed by atoms with E-state index in [4.69, 9.17) is 10.5 Å². The molecule has 2 N–H and O–H groups in total. The lowest BCUT2D eigenvalue weighted by atomic mass is 10.2. The van der Waals surface area contributed by atoms with Gasteiger partial charge in [-0.1, -0.05) is 12.1 Å². The third kappa shape index (κ3) is 3.78. The van der Waals surface area contributed by atoms with Gasteiger partial charge >= 0.3 is 0 Å². The number of hydrogen-bond donors (Lipinski definition) is 1. The summed E-state index contributed by atoms with van der Waals surface area (Å²) in [6.45, 7) is 1.27. The van der Waals surface area contributed by atoms with Crippen molar-refractivity contribution in [2.45, 2.75) is 11.3 Å². The van der Waals surface area contributed by atoms with E-state index >= 15 is 0 Å². The molecule has 18 heavy (non-hydrogen) atoms. The highest BCUT2D eigenvalue weighted by molar-refractivity contribution is 7.89. The van der Waals surface area contributed by atoms with Crippen molar-refractivity contribution in [1.29, 1.82) is 0 Å². The van der Waals surface area contributed by atoms with Crippen LogP contribution in [0.25, 0.3) is 0 Å². The van der Waals surface area contributed by atoms with Gasteiger partial charge in [0.15, 0.2) is 0 Å². The molecule has 0 aromatic heterocycles. The van der Waals surface area contributed by atoms with Crippen LogP contribution in [-0.2, 0) is 21.2 Å². The SMILES string of the molecule is COCCN(C)S(=O)(=O)c1ccc(CCN)cc1. The molecule has 0 spiro atoms. The first-order valence-electron chi connectivity index (χ1n) is 5.76. The molecule has 5 nitrogen and oxygen atoms in total. The second kappa shape index (κ2) is 6.84. The molecule has 1 rings (SSSR count). The second-order valence-corrected chi connectivity index (χ2v) is 6.05. The average Bonchev–Trinajstić information content (AvgIpc) is 2.37. The van der Waals surface area contributed by atoms with Crippen molar-refractivity contribution in [3.05, 3.63) is 29.8 Å². The lowest BCUT2D eigenvalue weighted by molar-refractivity contribution is 0.185. The van der Waals surface area contributed by atoms with E-state index in [1.807, 2.05) is 0 Å². The highest BCUT2D eigenvalue weighted by Crippen LogP contribution is 2.15. The Morgan fingerprint density at radius 2 is 1.89 bits per heavy atom. The first-order valence-corrected chi connectivity index (χ1v) is 7.20. The zero-order chi connectivity index (χ0) is 13.6. The monoisotopic (exact) mass is 272 g/mol. The van der Waals surface area contributed by atoms with Crippen LogP contribution in [0.2, 0.25) is 0 Å². The fraction of sp³-hybridized carbons (Fsp3) is 0.500. The minimum absolute atomic E-state index is 0.293. The van der Waals surface area contributed by atoms with Gasteiger partial charge in [0.1, 0.15) is 0 Å². The normalized spacial score (nSPS) is 12.0.